The van der Waals surface area contributed by atoms with E-state index in [-0.39, 0.29) is 5.91 Å². The van der Waals surface area contributed by atoms with Crippen LogP contribution in [0.1, 0.15) is 20.3 Å². The topological polar surface area (TPSA) is 32.3 Å². The molecule has 2 atom stereocenters. The van der Waals surface area contributed by atoms with Crippen molar-refractivity contribution in [2.24, 2.45) is 11.8 Å². The van der Waals surface area contributed by atoms with E-state index in [2.05, 4.69) is 24.1 Å². The SMILES string of the molecule is C[C@@H]1C[C@@H](C)CN(CC(=O)Nc2ccccc2Cl)C1. The summed E-state index contributed by atoms with van der Waals surface area (Å²) in [4.78, 5) is 14.3. The van der Waals surface area contributed by atoms with Crippen molar-refractivity contribution in [3.05, 3.63) is 29.3 Å². The van der Waals surface area contributed by atoms with E-state index >= 15 is 0 Å². The van der Waals surface area contributed by atoms with Gasteiger partial charge in [-0.1, -0.05) is 37.6 Å². The molecule has 3 nitrogen and oxygen atoms in total. The number of nitrogens with one attached hydrogen (secondary N) is 1. The van der Waals surface area contributed by atoms with Gasteiger partial charge < -0.3 is 5.32 Å². The minimum absolute atomic E-state index is 0.00870. The summed E-state index contributed by atoms with van der Waals surface area (Å²) < 4.78 is 0. The number of benzene rings is 1. The van der Waals surface area contributed by atoms with E-state index in [0.717, 1.165) is 13.1 Å². The van der Waals surface area contributed by atoms with Crippen molar-refractivity contribution in [2.45, 2.75) is 20.3 Å². The normalized spacial score (nSPS) is 24.2. The van der Waals surface area contributed by atoms with Crippen molar-refractivity contribution < 1.29 is 4.79 Å². The number of amides is 1. The maximum absolute atomic E-state index is 12.0. The van der Waals surface area contributed by atoms with Gasteiger partial charge in [0, 0.05) is 13.1 Å². The minimum Gasteiger partial charge on any atom is -0.324 e. The zero-order chi connectivity index (χ0) is 13.8. The lowest BCUT2D eigenvalue weighted by Crippen LogP contribution is -2.42. The molecule has 0 aliphatic carbocycles. The molecule has 0 saturated carbocycles. The fourth-order valence-corrected chi connectivity index (χ4v) is 3.06. The van der Waals surface area contributed by atoms with Crippen LogP contribution in [-0.2, 0) is 4.79 Å². The summed E-state index contributed by atoms with van der Waals surface area (Å²) >= 11 is 6.03. The Morgan fingerprint density at radius 2 is 1.95 bits per heavy atom. The molecule has 2 rings (SSSR count). The first-order valence-electron chi connectivity index (χ1n) is 6.81. The number of halogens is 1. The van der Waals surface area contributed by atoms with Crippen molar-refractivity contribution in [1.82, 2.24) is 4.90 Å². The fourth-order valence-electron chi connectivity index (χ4n) is 2.88. The van der Waals surface area contributed by atoms with Gasteiger partial charge in [-0.3, -0.25) is 9.69 Å². The van der Waals surface area contributed by atoms with Crippen LogP contribution < -0.4 is 5.32 Å². The monoisotopic (exact) mass is 280 g/mol. The van der Waals surface area contributed by atoms with Crippen LogP contribution in [0.4, 0.5) is 5.69 Å². The van der Waals surface area contributed by atoms with Gasteiger partial charge in [-0.2, -0.15) is 0 Å². The van der Waals surface area contributed by atoms with Gasteiger partial charge in [-0.15, -0.1) is 0 Å². The van der Waals surface area contributed by atoms with Gasteiger partial charge in [-0.25, -0.2) is 0 Å². The van der Waals surface area contributed by atoms with Gasteiger partial charge in [0.2, 0.25) is 5.91 Å². The number of para-hydroxylation sites is 1. The molecule has 104 valence electrons. The van der Waals surface area contributed by atoms with E-state index < -0.39 is 0 Å². The van der Waals surface area contributed by atoms with Crippen molar-refractivity contribution >= 4 is 23.2 Å². The average Bonchev–Trinajstić information content (AvgIpc) is 2.30. The summed E-state index contributed by atoms with van der Waals surface area (Å²) in [5.41, 5.74) is 0.687. The Morgan fingerprint density at radius 1 is 1.32 bits per heavy atom. The molecule has 0 unspecified atom stereocenters. The number of likely N-dealkylation sites (tertiary alicyclic amines) is 1. The number of carbonyl (C=O) groups is 1. The van der Waals surface area contributed by atoms with Crippen LogP contribution >= 0.6 is 11.6 Å². The number of anilines is 1. The van der Waals surface area contributed by atoms with Gasteiger partial charge in [-0.05, 0) is 30.4 Å². The number of hydrogen-bond acceptors (Lipinski definition) is 2. The molecular weight excluding hydrogens is 260 g/mol. The molecule has 1 saturated heterocycles. The quantitative estimate of drug-likeness (QED) is 0.922. The van der Waals surface area contributed by atoms with Crippen LogP contribution in [0, 0.1) is 11.8 Å². The summed E-state index contributed by atoms with van der Waals surface area (Å²) in [6.07, 6.45) is 1.25. The van der Waals surface area contributed by atoms with E-state index in [9.17, 15) is 4.79 Å². The van der Waals surface area contributed by atoms with Crippen molar-refractivity contribution in [3.8, 4) is 0 Å². The van der Waals surface area contributed by atoms with Gasteiger partial charge in [0.05, 0.1) is 17.3 Å². The molecule has 1 aromatic rings. The largest absolute Gasteiger partial charge is 0.324 e. The lowest BCUT2D eigenvalue weighted by Gasteiger charge is -2.34. The molecule has 0 bridgehead atoms. The smallest absolute Gasteiger partial charge is 0.238 e. The molecule has 19 heavy (non-hydrogen) atoms. The van der Waals surface area contributed by atoms with Crippen molar-refractivity contribution in [1.29, 1.82) is 0 Å². The van der Waals surface area contributed by atoms with Crippen LogP contribution in [0.25, 0.3) is 0 Å². The number of rotatable bonds is 3. The highest BCUT2D eigenvalue weighted by molar-refractivity contribution is 6.33. The Balaban J connectivity index is 1.89. The van der Waals surface area contributed by atoms with Crippen LogP contribution in [0.5, 0.6) is 0 Å². The fraction of sp³-hybridized carbons (Fsp3) is 0.533. The maximum atomic E-state index is 12.0. The third-order valence-electron chi connectivity index (χ3n) is 3.46. The van der Waals surface area contributed by atoms with Crippen LogP contribution in [0.3, 0.4) is 0 Å². The molecule has 0 radical (unpaired) electrons. The number of nitrogens with zero attached hydrogens (tertiary/aromatic N) is 1. The number of carbonyl (C=O) groups excluding carboxylic acids is 1. The zero-order valence-electron chi connectivity index (χ0n) is 11.5. The summed E-state index contributed by atoms with van der Waals surface area (Å²) in [6, 6.07) is 7.32. The molecular formula is C15H21ClN2O. The first-order valence-corrected chi connectivity index (χ1v) is 7.19. The third-order valence-corrected chi connectivity index (χ3v) is 3.79. The molecule has 0 aromatic heterocycles. The van der Waals surface area contributed by atoms with E-state index in [1.54, 1.807) is 6.07 Å². The predicted molar refractivity (Wildman–Crippen MR) is 79.5 cm³/mol. The molecule has 1 N–H and O–H groups in total. The first kappa shape index (κ1) is 14.4. The van der Waals surface area contributed by atoms with E-state index in [0.29, 0.717) is 29.1 Å². The van der Waals surface area contributed by atoms with Gasteiger partial charge in [0.25, 0.3) is 0 Å². The number of hydrogen-bond donors (Lipinski definition) is 1. The molecule has 1 fully saturated rings. The van der Waals surface area contributed by atoms with Crippen LogP contribution in [-0.4, -0.2) is 30.4 Å². The predicted octanol–water partition coefficient (Wildman–Crippen LogP) is 3.26. The Bertz CT molecular complexity index is 440. The second-order valence-corrected chi connectivity index (χ2v) is 6.08. The second-order valence-electron chi connectivity index (χ2n) is 5.67. The summed E-state index contributed by atoms with van der Waals surface area (Å²) in [6.45, 7) is 6.93. The maximum Gasteiger partial charge on any atom is 0.238 e. The van der Waals surface area contributed by atoms with Gasteiger partial charge in [0.1, 0.15) is 0 Å². The van der Waals surface area contributed by atoms with Gasteiger partial charge in [0.15, 0.2) is 0 Å². The Hall–Kier alpha value is -1.06. The summed E-state index contributed by atoms with van der Waals surface area (Å²) in [7, 11) is 0. The lowest BCUT2D eigenvalue weighted by atomic mass is 9.92. The lowest BCUT2D eigenvalue weighted by molar-refractivity contribution is -0.117. The standard InChI is InChI=1S/C15H21ClN2O/c1-11-7-12(2)9-18(8-11)10-15(19)17-14-6-4-3-5-13(14)16/h3-6,11-12H,7-10H2,1-2H3,(H,17,19)/t11-,12-/m1/s1. The summed E-state index contributed by atoms with van der Waals surface area (Å²) in [5, 5.41) is 3.45. The molecule has 1 aliphatic rings. The van der Waals surface area contributed by atoms with Crippen LogP contribution in [0.2, 0.25) is 5.02 Å². The first-order chi connectivity index (χ1) is 9.04. The highest BCUT2D eigenvalue weighted by atomic mass is 35.5. The summed E-state index contributed by atoms with van der Waals surface area (Å²) in [5.74, 6) is 1.34. The number of piperidine rings is 1. The van der Waals surface area contributed by atoms with E-state index in [1.807, 2.05) is 18.2 Å². The van der Waals surface area contributed by atoms with Crippen LogP contribution in [0.15, 0.2) is 24.3 Å². The zero-order valence-corrected chi connectivity index (χ0v) is 12.3. The van der Waals surface area contributed by atoms with E-state index in [4.69, 9.17) is 11.6 Å². The van der Waals surface area contributed by atoms with Crippen molar-refractivity contribution in [2.75, 3.05) is 25.0 Å². The Morgan fingerprint density at radius 3 is 2.58 bits per heavy atom. The molecule has 4 heteroatoms. The highest BCUT2D eigenvalue weighted by Gasteiger charge is 2.23. The third kappa shape index (κ3) is 4.22. The molecule has 1 aromatic carbocycles. The molecule has 1 heterocycles. The van der Waals surface area contributed by atoms with Gasteiger partial charge >= 0.3 is 0 Å². The second kappa shape index (κ2) is 6.40. The van der Waals surface area contributed by atoms with Crippen molar-refractivity contribution in [3.63, 3.8) is 0 Å². The Kier molecular flexibility index (Phi) is 4.83. The molecule has 1 aliphatic heterocycles. The average molecular weight is 281 g/mol. The Labute approximate surface area is 119 Å². The molecule has 0 spiro atoms. The van der Waals surface area contributed by atoms with E-state index in [1.165, 1.54) is 6.42 Å². The molecule has 1 amide bonds. The highest BCUT2D eigenvalue weighted by Crippen LogP contribution is 2.22. The minimum atomic E-state index is 0.00870.